The Morgan fingerprint density at radius 3 is 2.52 bits per heavy atom. The quantitative estimate of drug-likeness (QED) is 0.560. The maximum absolute atomic E-state index is 11.2. The van der Waals surface area contributed by atoms with E-state index in [-0.39, 0.29) is 5.95 Å². The molecule has 4 aromatic rings. The smallest absolute Gasteiger partial charge is 0.221 e. The van der Waals surface area contributed by atoms with Gasteiger partial charge in [-0.3, -0.25) is 4.79 Å². The van der Waals surface area contributed by atoms with Crippen LogP contribution in [0.2, 0.25) is 0 Å². The summed E-state index contributed by atoms with van der Waals surface area (Å²) in [5, 5.41) is 0. The second-order valence-electron chi connectivity index (χ2n) is 5.94. The van der Waals surface area contributed by atoms with E-state index in [1.807, 2.05) is 42.5 Å². The van der Waals surface area contributed by atoms with Gasteiger partial charge in [-0.05, 0) is 30.3 Å². The molecule has 0 amide bonds. The number of rotatable bonds is 4. The van der Waals surface area contributed by atoms with Crippen molar-refractivity contribution in [2.75, 3.05) is 12.8 Å². The summed E-state index contributed by atoms with van der Waals surface area (Å²) in [4.78, 5) is 24.6. The van der Waals surface area contributed by atoms with Crippen molar-refractivity contribution in [2.45, 2.75) is 0 Å². The first-order valence-corrected chi connectivity index (χ1v) is 8.33. The molecule has 2 aromatic carbocycles. The minimum absolute atomic E-state index is 0.191. The third-order valence-electron chi connectivity index (χ3n) is 4.24. The van der Waals surface area contributed by atoms with Gasteiger partial charge in [0.2, 0.25) is 5.95 Å². The number of ether oxygens (including phenoxy) is 1. The highest BCUT2D eigenvalue weighted by Crippen LogP contribution is 2.32. The first-order valence-electron chi connectivity index (χ1n) is 8.33. The van der Waals surface area contributed by atoms with Crippen LogP contribution in [0.3, 0.4) is 0 Å². The molecule has 0 fully saturated rings. The Kier molecular flexibility index (Phi) is 4.22. The summed E-state index contributed by atoms with van der Waals surface area (Å²) in [5.74, 6) is 0.821. The lowest BCUT2D eigenvalue weighted by atomic mass is 10.1. The number of hydrogen-bond acceptors (Lipinski definition) is 6. The van der Waals surface area contributed by atoms with Crippen molar-refractivity contribution in [1.29, 1.82) is 0 Å². The van der Waals surface area contributed by atoms with Gasteiger partial charge in [0.15, 0.2) is 0 Å². The Hall–Kier alpha value is -3.80. The molecule has 0 atom stereocenters. The molecule has 132 valence electrons. The second-order valence-corrected chi connectivity index (χ2v) is 5.94. The molecule has 2 heterocycles. The van der Waals surface area contributed by atoms with Crippen LogP contribution in [-0.4, -0.2) is 28.3 Å². The third kappa shape index (κ3) is 3.08. The lowest BCUT2D eigenvalue weighted by Gasteiger charge is -2.11. The number of nitrogens with two attached hydrogens (primary N) is 1. The van der Waals surface area contributed by atoms with Crippen LogP contribution < -0.4 is 10.5 Å². The van der Waals surface area contributed by atoms with Gasteiger partial charge in [-0.2, -0.15) is 0 Å². The summed E-state index contributed by atoms with van der Waals surface area (Å²) in [7, 11) is 1.58. The van der Waals surface area contributed by atoms with Gasteiger partial charge >= 0.3 is 0 Å². The van der Waals surface area contributed by atoms with E-state index in [9.17, 15) is 4.79 Å². The molecular weight excluding hydrogens is 340 g/mol. The van der Waals surface area contributed by atoms with Crippen molar-refractivity contribution in [2.24, 2.45) is 0 Å². The molecule has 0 bridgehead atoms. The number of fused-ring (bicyclic) bond motifs is 1. The predicted octanol–water partition coefficient (Wildman–Crippen LogP) is 3.76. The van der Waals surface area contributed by atoms with Crippen LogP contribution in [0.25, 0.3) is 33.5 Å². The monoisotopic (exact) mass is 356 g/mol. The van der Waals surface area contributed by atoms with Crippen LogP contribution in [-0.2, 0) is 0 Å². The van der Waals surface area contributed by atoms with Gasteiger partial charge in [-0.25, -0.2) is 15.0 Å². The summed E-state index contributed by atoms with van der Waals surface area (Å²) in [6.07, 6.45) is 0.795. The van der Waals surface area contributed by atoms with E-state index in [0.717, 1.165) is 17.4 Å². The van der Waals surface area contributed by atoms with Crippen molar-refractivity contribution in [3.05, 3.63) is 66.2 Å². The number of aldehydes is 1. The number of nitrogen functional groups attached to an aromatic ring is 1. The zero-order chi connectivity index (χ0) is 18.8. The molecule has 6 nitrogen and oxygen atoms in total. The number of aromatic nitrogens is 3. The molecule has 0 saturated heterocycles. The van der Waals surface area contributed by atoms with E-state index in [0.29, 0.717) is 33.7 Å². The number of hydrogen-bond donors (Lipinski definition) is 1. The number of carbonyl (C=O) groups is 1. The maximum atomic E-state index is 11.2. The summed E-state index contributed by atoms with van der Waals surface area (Å²) < 4.78 is 5.44. The standard InChI is InChI=1S/C21H16N4O2/c1-27-18-10-7-13(12-26)11-15(18)16-8-9-17-20(23-16)19(25-21(22)24-17)14-5-3-2-4-6-14/h2-12H,1H3,(H2,22,24,25). The van der Waals surface area contributed by atoms with Crippen molar-refractivity contribution < 1.29 is 9.53 Å². The minimum Gasteiger partial charge on any atom is -0.496 e. The molecule has 0 unspecified atom stereocenters. The molecule has 0 spiro atoms. The van der Waals surface area contributed by atoms with Crippen LogP contribution in [0.1, 0.15) is 10.4 Å². The highest BCUT2D eigenvalue weighted by Gasteiger charge is 2.14. The number of benzene rings is 2. The molecule has 6 heteroatoms. The molecule has 0 aliphatic rings. The number of methoxy groups -OCH3 is 1. The van der Waals surface area contributed by atoms with Crippen LogP contribution in [0.5, 0.6) is 5.75 Å². The zero-order valence-electron chi connectivity index (χ0n) is 14.6. The SMILES string of the molecule is COc1ccc(C=O)cc1-c1ccc2nc(N)nc(-c3ccccc3)c2n1. The van der Waals surface area contributed by atoms with Gasteiger partial charge in [0.1, 0.15) is 23.2 Å². The molecule has 27 heavy (non-hydrogen) atoms. The largest absolute Gasteiger partial charge is 0.496 e. The van der Waals surface area contributed by atoms with Gasteiger partial charge in [-0.15, -0.1) is 0 Å². The summed E-state index contributed by atoms with van der Waals surface area (Å²) in [5.41, 5.74) is 10.7. The first kappa shape index (κ1) is 16.7. The molecule has 0 aliphatic heterocycles. The lowest BCUT2D eigenvalue weighted by molar-refractivity contribution is 0.112. The van der Waals surface area contributed by atoms with Gasteiger partial charge in [0.25, 0.3) is 0 Å². The van der Waals surface area contributed by atoms with Gasteiger partial charge in [-0.1, -0.05) is 30.3 Å². The van der Waals surface area contributed by atoms with E-state index >= 15 is 0 Å². The van der Waals surface area contributed by atoms with E-state index in [1.54, 1.807) is 25.3 Å². The molecule has 2 aromatic heterocycles. The Labute approximate surface area is 155 Å². The molecule has 0 radical (unpaired) electrons. The maximum Gasteiger partial charge on any atom is 0.221 e. The number of carbonyl (C=O) groups excluding carboxylic acids is 1. The Morgan fingerprint density at radius 1 is 0.963 bits per heavy atom. The number of pyridine rings is 1. The zero-order valence-corrected chi connectivity index (χ0v) is 14.6. The lowest BCUT2D eigenvalue weighted by Crippen LogP contribution is -2.00. The first-order chi connectivity index (χ1) is 13.2. The van der Waals surface area contributed by atoms with Crippen LogP contribution in [0, 0.1) is 0 Å². The van der Waals surface area contributed by atoms with E-state index in [2.05, 4.69) is 9.97 Å². The van der Waals surface area contributed by atoms with Crippen LogP contribution in [0.4, 0.5) is 5.95 Å². The van der Waals surface area contributed by atoms with Gasteiger partial charge in [0, 0.05) is 16.7 Å². The fourth-order valence-electron chi connectivity index (χ4n) is 2.98. The summed E-state index contributed by atoms with van der Waals surface area (Å²) in [6.45, 7) is 0. The van der Waals surface area contributed by atoms with Crippen molar-refractivity contribution in [3.63, 3.8) is 0 Å². The second kappa shape index (κ2) is 6.84. The number of nitrogens with zero attached hydrogens (tertiary/aromatic N) is 3. The average molecular weight is 356 g/mol. The Balaban J connectivity index is 1.98. The van der Waals surface area contributed by atoms with E-state index < -0.39 is 0 Å². The van der Waals surface area contributed by atoms with Crippen LogP contribution >= 0.6 is 0 Å². The summed E-state index contributed by atoms with van der Waals surface area (Å²) in [6, 6.07) is 18.6. The molecule has 4 rings (SSSR count). The topological polar surface area (TPSA) is 91.0 Å². The van der Waals surface area contributed by atoms with Gasteiger partial charge in [0.05, 0.1) is 18.3 Å². The highest BCUT2D eigenvalue weighted by molar-refractivity contribution is 5.92. The molecule has 2 N–H and O–H groups in total. The molecule has 0 aliphatic carbocycles. The minimum atomic E-state index is 0.191. The Morgan fingerprint density at radius 2 is 1.78 bits per heavy atom. The predicted molar refractivity (Wildman–Crippen MR) is 105 cm³/mol. The highest BCUT2D eigenvalue weighted by atomic mass is 16.5. The molecular formula is C21H16N4O2. The fraction of sp³-hybridized carbons (Fsp3) is 0.0476. The average Bonchev–Trinajstić information content (AvgIpc) is 2.73. The van der Waals surface area contributed by atoms with Gasteiger partial charge < -0.3 is 10.5 Å². The van der Waals surface area contributed by atoms with E-state index in [1.165, 1.54) is 0 Å². The van der Waals surface area contributed by atoms with Crippen LogP contribution in [0.15, 0.2) is 60.7 Å². The fourth-order valence-corrected chi connectivity index (χ4v) is 2.98. The van der Waals surface area contributed by atoms with Crippen molar-refractivity contribution >= 4 is 23.3 Å². The summed E-state index contributed by atoms with van der Waals surface area (Å²) >= 11 is 0. The van der Waals surface area contributed by atoms with Crippen molar-refractivity contribution in [1.82, 2.24) is 15.0 Å². The Bertz CT molecular complexity index is 1140. The normalized spacial score (nSPS) is 10.7. The van der Waals surface area contributed by atoms with Crippen molar-refractivity contribution in [3.8, 4) is 28.3 Å². The molecule has 0 saturated carbocycles. The number of anilines is 1. The van der Waals surface area contributed by atoms with E-state index in [4.69, 9.17) is 15.5 Å². The third-order valence-corrected chi connectivity index (χ3v) is 4.24.